The number of nitrogens with zero attached hydrogens (tertiary/aromatic N) is 1. The molecule has 0 fully saturated rings. The molecule has 19 heavy (non-hydrogen) atoms. The maximum Gasteiger partial charge on any atom is 0.184 e. The van der Waals surface area contributed by atoms with Crippen molar-refractivity contribution >= 4 is 26.7 Å². The van der Waals surface area contributed by atoms with Crippen LogP contribution in [0.4, 0.5) is 5.13 Å². The summed E-state index contributed by atoms with van der Waals surface area (Å²) in [5, 5.41) is 4.48. The average molecular weight is 268 g/mol. The van der Waals surface area contributed by atoms with Gasteiger partial charge in [0, 0.05) is 0 Å². The lowest BCUT2D eigenvalue weighted by Crippen LogP contribution is -2.07. The van der Waals surface area contributed by atoms with Gasteiger partial charge in [-0.05, 0) is 37.1 Å². The van der Waals surface area contributed by atoms with Crippen LogP contribution in [0.2, 0.25) is 0 Å². The van der Waals surface area contributed by atoms with Crippen molar-refractivity contribution in [2.45, 2.75) is 19.9 Å². The van der Waals surface area contributed by atoms with Gasteiger partial charge in [-0.25, -0.2) is 4.98 Å². The van der Waals surface area contributed by atoms with E-state index < -0.39 is 0 Å². The van der Waals surface area contributed by atoms with Gasteiger partial charge in [0.15, 0.2) is 5.13 Å². The monoisotopic (exact) mass is 268 g/mol. The van der Waals surface area contributed by atoms with Crippen molar-refractivity contribution < 1.29 is 0 Å². The van der Waals surface area contributed by atoms with Gasteiger partial charge in [0.25, 0.3) is 0 Å². The fourth-order valence-electron chi connectivity index (χ4n) is 2.27. The van der Waals surface area contributed by atoms with E-state index in [0.29, 0.717) is 0 Å². The van der Waals surface area contributed by atoms with Crippen molar-refractivity contribution in [1.82, 2.24) is 4.98 Å². The molecule has 0 bridgehead atoms. The molecule has 0 radical (unpaired) electrons. The van der Waals surface area contributed by atoms with E-state index in [2.05, 4.69) is 66.6 Å². The lowest BCUT2D eigenvalue weighted by atomic mass is 10.0. The zero-order valence-electron chi connectivity index (χ0n) is 11.1. The van der Waals surface area contributed by atoms with Crippen LogP contribution in [0.1, 0.15) is 24.1 Å². The molecule has 1 atom stereocenters. The van der Waals surface area contributed by atoms with Gasteiger partial charge in [-0.15, -0.1) is 0 Å². The predicted molar refractivity (Wildman–Crippen MR) is 82.8 cm³/mol. The summed E-state index contributed by atoms with van der Waals surface area (Å²) < 4.78 is 1.22. The van der Waals surface area contributed by atoms with E-state index in [-0.39, 0.29) is 6.04 Å². The molecule has 3 rings (SSSR count). The molecule has 3 aromatic rings. The number of nitrogens with one attached hydrogen (secondary N) is 1. The molecule has 0 aliphatic rings. The molecule has 2 nitrogen and oxygen atoms in total. The highest BCUT2D eigenvalue weighted by Crippen LogP contribution is 2.29. The number of thiazole rings is 1. The van der Waals surface area contributed by atoms with Crippen molar-refractivity contribution in [1.29, 1.82) is 0 Å². The van der Waals surface area contributed by atoms with Crippen LogP contribution >= 0.6 is 11.3 Å². The predicted octanol–water partition coefficient (Wildman–Crippen LogP) is 4.78. The minimum atomic E-state index is 0.266. The first-order chi connectivity index (χ1) is 9.24. The van der Waals surface area contributed by atoms with Gasteiger partial charge >= 0.3 is 0 Å². The Kier molecular flexibility index (Phi) is 3.22. The first-order valence-electron chi connectivity index (χ1n) is 6.41. The van der Waals surface area contributed by atoms with E-state index in [4.69, 9.17) is 0 Å². The number of fused-ring (bicyclic) bond motifs is 1. The maximum atomic E-state index is 4.62. The SMILES string of the molecule is Cc1ccccc1C(C)Nc1nc2ccccc2s1. The summed E-state index contributed by atoms with van der Waals surface area (Å²) in [7, 11) is 0. The third kappa shape index (κ3) is 2.47. The van der Waals surface area contributed by atoms with Gasteiger partial charge in [-0.2, -0.15) is 0 Å². The molecule has 0 saturated carbocycles. The number of hydrogen-bond acceptors (Lipinski definition) is 3. The third-order valence-corrected chi connectivity index (χ3v) is 4.26. The minimum absolute atomic E-state index is 0.266. The molecule has 1 heterocycles. The Labute approximate surface area is 117 Å². The highest BCUT2D eigenvalue weighted by atomic mass is 32.1. The van der Waals surface area contributed by atoms with E-state index in [1.165, 1.54) is 15.8 Å². The zero-order chi connectivity index (χ0) is 13.2. The summed E-state index contributed by atoms with van der Waals surface area (Å²) in [6.45, 7) is 4.32. The van der Waals surface area contributed by atoms with Crippen LogP contribution in [0.15, 0.2) is 48.5 Å². The van der Waals surface area contributed by atoms with Crippen molar-refractivity contribution in [3.63, 3.8) is 0 Å². The molecule has 96 valence electrons. The van der Waals surface area contributed by atoms with E-state index in [1.54, 1.807) is 11.3 Å². The first kappa shape index (κ1) is 12.2. The van der Waals surface area contributed by atoms with Crippen molar-refractivity contribution in [2.75, 3.05) is 5.32 Å². The van der Waals surface area contributed by atoms with Gasteiger partial charge in [0.05, 0.1) is 16.3 Å². The summed E-state index contributed by atoms with van der Waals surface area (Å²) in [4.78, 5) is 4.62. The van der Waals surface area contributed by atoms with Crippen LogP contribution in [-0.4, -0.2) is 4.98 Å². The van der Waals surface area contributed by atoms with E-state index in [9.17, 15) is 0 Å². The number of para-hydroxylation sites is 1. The molecule has 0 saturated heterocycles. The molecular formula is C16H16N2S. The first-order valence-corrected chi connectivity index (χ1v) is 7.23. The lowest BCUT2D eigenvalue weighted by Gasteiger charge is -2.15. The van der Waals surface area contributed by atoms with Gasteiger partial charge in [0.2, 0.25) is 0 Å². The van der Waals surface area contributed by atoms with E-state index >= 15 is 0 Å². The Bertz CT molecular complexity index is 670. The summed E-state index contributed by atoms with van der Waals surface area (Å²) in [6.07, 6.45) is 0. The maximum absolute atomic E-state index is 4.62. The second kappa shape index (κ2) is 5.02. The molecule has 0 amide bonds. The normalized spacial score (nSPS) is 12.5. The van der Waals surface area contributed by atoms with Crippen LogP contribution in [0.5, 0.6) is 0 Å². The van der Waals surface area contributed by atoms with Gasteiger partial charge < -0.3 is 5.32 Å². The van der Waals surface area contributed by atoms with Crippen LogP contribution in [-0.2, 0) is 0 Å². The minimum Gasteiger partial charge on any atom is -0.355 e. The molecule has 2 aromatic carbocycles. The Balaban J connectivity index is 1.86. The van der Waals surface area contributed by atoms with Crippen LogP contribution < -0.4 is 5.32 Å². The van der Waals surface area contributed by atoms with Crippen molar-refractivity contribution in [2.24, 2.45) is 0 Å². The fraction of sp³-hybridized carbons (Fsp3) is 0.188. The largest absolute Gasteiger partial charge is 0.355 e. The van der Waals surface area contributed by atoms with E-state index in [1.807, 2.05) is 6.07 Å². The Morgan fingerprint density at radius 3 is 2.58 bits per heavy atom. The van der Waals surface area contributed by atoms with E-state index in [0.717, 1.165) is 10.6 Å². The summed E-state index contributed by atoms with van der Waals surface area (Å²) in [5.74, 6) is 0. The standard InChI is InChI=1S/C16H16N2S/c1-11-7-3-4-8-13(11)12(2)17-16-18-14-9-5-6-10-15(14)19-16/h3-10,12H,1-2H3,(H,17,18). The molecule has 0 aliphatic heterocycles. The van der Waals surface area contributed by atoms with Gasteiger partial charge in [0.1, 0.15) is 0 Å². The number of hydrogen-bond donors (Lipinski definition) is 1. The highest BCUT2D eigenvalue weighted by Gasteiger charge is 2.10. The third-order valence-electron chi connectivity index (χ3n) is 3.29. The average Bonchev–Trinajstić information content (AvgIpc) is 2.81. The highest BCUT2D eigenvalue weighted by molar-refractivity contribution is 7.22. The summed E-state index contributed by atoms with van der Waals surface area (Å²) >= 11 is 1.70. The Morgan fingerprint density at radius 2 is 1.79 bits per heavy atom. The number of aromatic nitrogens is 1. The fourth-order valence-corrected chi connectivity index (χ4v) is 3.22. The molecule has 1 N–H and O–H groups in total. The van der Waals surface area contributed by atoms with Crippen molar-refractivity contribution in [3.8, 4) is 0 Å². The van der Waals surface area contributed by atoms with Crippen LogP contribution in [0.3, 0.4) is 0 Å². The second-order valence-electron chi connectivity index (χ2n) is 4.71. The number of benzene rings is 2. The number of anilines is 1. The molecule has 0 spiro atoms. The molecule has 1 unspecified atom stereocenters. The van der Waals surface area contributed by atoms with Crippen LogP contribution in [0, 0.1) is 6.92 Å². The molecule has 0 aliphatic carbocycles. The van der Waals surface area contributed by atoms with Crippen LogP contribution in [0.25, 0.3) is 10.2 Å². The van der Waals surface area contributed by atoms with Crippen molar-refractivity contribution in [3.05, 3.63) is 59.7 Å². The van der Waals surface area contributed by atoms with Gasteiger partial charge in [-0.1, -0.05) is 47.7 Å². The summed E-state index contributed by atoms with van der Waals surface area (Å²) in [6, 6.07) is 17.0. The Morgan fingerprint density at radius 1 is 1.05 bits per heavy atom. The Hall–Kier alpha value is -1.87. The lowest BCUT2D eigenvalue weighted by molar-refractivity contribution is 0.872. The molecule has 1 aromatic heterocycles. The summed E-state index contributed by atoms with van der Waals surface area (Å²) in [5.41, 5.74) is 3.69. The number of rotatable bonds is 3. The smallest absolute Gasteiger partial charge is 0.184 e. The second-order valence-corrected chi connectivity index (χ2v) is 5.74. The zero-order valence-corrected chi connectivity index (χ0v) is 11.9. The number of aryl methyl sites for hydroxylation is 1. The topological polar surface area (TPSA) is 24.9 Å². The quantitative estimate of drug-likeness (QED) is 0.739. The molecule has 3 heteroatoms. The molecular weight excluding hydrogens is 252 g/mol. The van der Waals surface area contributed by atoms with Gasteiger partial charge in [-0.3, -0.25) is 0 Å².